The highest BCUT2D eigenvalue weighted by Crippen LogP contribution is 2.38. The number of fused-ring (bicyclic) bond motifs is 1. The lowest BCUT2D eigenvalue weighted by molar-refractivity contribution is 0.171. The van der Waals surface area contributed by atoms with Gasteiger partial charge in [0.15, 0.2) is 11.5 Å². The van der Waals surface area contributed by atoms with Crippen molar-refractivity contribution >= 4 is 11.6 Å². The van der Waals surface area contributed by atoms with Gasteiger partial charge in [0, 0.05) is 25.5 Å². The lowest BCUT2D eigenvalue weighted by atomic mass is 10.2. The van der Waals surface area contributed by atoms with Crippen LogP contribution in [0.1, 0.15) is 11.1 Å². The third-order valence-corrected chi connectivity index (χ3v) is 3.32. The molecule has 1 aromatic carbocycles. The van der Waals surface area contributed by atoms with E-state index in [1.165, 1.54) is 0 Å². The van der Waals surface area contributed by atoms with Gasteiger partial charge < -0.3 is 14.8 Å². The molecule has 20 heavy (non-hydrogen) atoms. The summed E-state index contributed by atoms with van der Waals surface area (Å²) in [4.78, 5) is 4.08. The standard InChI is InChI=1S/C15H15ClN2O2/c16-13-6-12(7-14-15(13)20-5-4-19-14)10-18-9-11-2-1-3-17-8-11/h1-3,6-8,18H,4-5,9-10H2. The van der Waals surface area contributed by atoms with E-state index in [1.54, 1.807) is 6.20 Å². The van der Waals surface area contributed by atoms with Crippen molar-refractivity contribution in [3.63, 3.8) is 0 Å². The molecule has 0 aliphatic carbocycles. The van der Waals surface area contributed by atoms with Crippen molar-refractivity contribution in [1.29, 1.82) is 0 Å². The number of ether oxygens (including phenoxy) is 2. The zero-order valence-corrected chi connectivity index (χ0v) is 11.7. The largest absolute Gasteiger partial charge is 0.486 e. The van der Waals surface area contributed by atoms with Gasteiger partial charge in [0.2, 0.25) is 0 Å². The van der Waals surface area contributed by atoms with Crippen molar-refractivity contribution in [2.75, 3.05) is 13.2 Å². The van der Waals surface area contributed by atoms with Crippen LogP contribution in [0, 0.1) is 0 Å². The molecule has 104 valence electrons. The molecule has 1 aromatic heterocycles. The van der Waals surface area contributed by atoms with E-state index in [4.69, 9.17) is 21.1 Å². The average Bonchev–Trinajstić information content (AvgIpc) is 2.48. The summed E-state index contributed by atoms with van der Waals surface area (Å²) < 4.78 is 11.1. The van der Waals surface area contributed by atoms with Crippen molar-refractivity contribution in [3.8, 4) is 11.5 Å². The van der Waals surface area contributed by atoms with Crippen molar-refractivity contribution in [3.05, 3.63) is 52.8 Å². The quantitative estimate of drug-likeness (QED) is 0.940. The molecule has 1 aliphatic rings. The minimum atomic E-state index is 0.547. The number of halogens is 1. The van der Waals surface area contributed by atoms with Crippen LogP contribution in [0.4, 0.5) is 0 Å². The van der Waals surface area contributed by atoms with E-state index < -0.39 is 0 Å². The summed E-state index contributed by atoms with van der Waals surface area (Å²) in [6.07, 6.45) is 3.62. The minimum Gasteiger partial charge on any atom is -0.486 e. The zero-order chi connectivity index (χ0) is 13.8. The molecule has 1 N–H and O–H groups in total. The summed E-state index contributed by atoms with van der Waals surface area (Å²) in [5.74, 6) is 1.37. The van der Waals surface area contributed by atoms with E-state index in [-0.39, 0.29) is 0 Å². The van der Waals surface area contributed by atoms with E-state index in [0.717, 1.165) is 23.4 Å². The van der Waals surface area contributed by atoms with Crippen LogP contribution in [0.3, 0.4) is 0 Å². The Kier molecular flexibility index (Phi) is 4.04. The summed E-state index contributed by atoms with van der Waals surface area (Å²) in [7, 11) is 0. The van der Waals surface area contributed by atoms with Crippen LogP contribution in [0.15, 0.2) is 36.7 Å². The number of hydrogen-bond donors (Lipinski definition) is 1. The maximum Gasteiger partial charge on any atom is 0.179 e. The molecule has 0 amide bonds. The van der Waals surface area contributed by atoms with Crippen LogP contribution in [0.5, 0.6) is 11.5 Å². The second-order valence-corrected chi connectivity index (χ2v) is 4.97. The number of nitrogens with one attached hydrogen (secondary N) is 1. The summed E-state index contributed by atoms with van der Waals surface area (Å²) in [5, 5.41) is 3.95. The van der Waals surface area contributed by atoms with Gasteiger partial charge in [-0.25, -0.2) is 0 Å². The second kappa shape index (κ2) is 6.11. The Labute approximate surface area is 122 Å². The van der Waals surface area contributed by atoms with E-state index in [2.05, 4.69) is 10.3 Å². The van der Waals surface area contributed by atoms with Gasteiger partial charge in [-0.1, -0.05) is 17.7 Å². The number of nitrogens with zero attached hydrogens (tertiary/aromatic N) is 1. The normalized spacial score (nSPS) is 13.2. The summed E-state index contributed by atoms with van der Waals surface area (Å²) >= 11 is 6.20. The third-order valence-electron chi connectivity index (χ3n) is 3.04. The number of rotatable bonds is 4. The fourth-order valence-electron chi connectivity index (χ4n) is 2.12. The van der Waals surface area contributed by atoms with Gasteiger partial charge in [0.1, 0.15) is 13.2 Å². The topological polar surface area (TPSA) is 43.4 Å². The Morgan fingerprint density at radius 1 is 1.15 bits per heavy atom. The fourth-order valence-corrected chi connectivity index (χ4v) is 2.41. The average molecular weight is 291 g/mol. The maximum atomic E-state index is 6.20. The van der Waals surface area contributed by atoms with Crippen molar-refractivity contribution < 1.29 is 9.47 Å². The second-order valence-electron chi connectivity index (χ2n) is 4.57. The Morgan fingerprint density at radius 2 is 2.00 bits per heavy atom. The summed E-state index contributed by atoms with van der Waals surface area (Å²) in [5.41, 5.74) is 2.22. The Bertz CT molecular complexity index is 590. The molecule has 0 radical (unpaired) electrons. The highest BCUT2D eigenvalue weighted by atomic mass is 35.5. The van der Waals surface area contributed by atoms with Crippen molar-refractivity contribution in [2.45, 2.75) is 13.1 Å². The Balaban J connectivity index is 1.64. The first-order valence-corrected chi connectivity index (χ1v) is 6.88. The molecule has 2 heterocycles. The van der Waals surface area contributed by atoms with Gasteiger partial charge >= 0.3 is 0 Å². The minimum absolute atomic E-state index is 0.547. The zero-order valence-electron chi connectivity index (χ0n) is 10.9. The lowest BCUT2D eigenvalue weighted by Crippen LogP contribution is -2.17. The SMILES string of the molecule is Clc1cc(CNCc2cccnc2)cc2c1OCCO2. The number of hydrogen-bond acceptors (Lipinski definition) is 4. The molecule has 0 bridgehead atoms. The molecule has 5 heteroatoms. The Morgan fingerprint density at radius 3 is 2.85 bits per heavy atom. The fraction of sp³-hybridized carbons (Fsp3) is 0.267. The molecular formula is C15H15ClN2O2. The lowest BCUT2D eigenvalue weighted by Gasteiger charge is -2.20. The number of aromatic nitrogens is 1. The molecule has 0 fully saturated rings. The van der Waals surface area contributed by atoms with Gasteiger partial charge in [-0.15, -0.1) is 0 Å². The monoisotopic (exact) mass is 290 g/mol. The molecule has 0 spiro atoms. The Hall–Kier alpha value is -1.78. The molecular weight excluding hydrogens is 276 g/mol. The number of benzene rings is 1. The van der Waals surface area contributed by atoms with Gasteiger partial charge in [-0.05, 0) is 29.3 Å². The van der Waals surface area contributed by atoms with E-state index >= 15 is 0 Å². The molecule has 0 unspecified atom stereocenters. The molecule has 3 rings (SSSR count). The summed E-state index contributed by atoms with van der Waals surface area (Å²) in [6.45, 7) is 2.59. The molecule has 0 atom stereocenters. The summed E-state index contributed by atoms with van der Waals surface area (Å²) in [6, 6.07) is 7.84. The first-order valence-electron chi connectivity index (χ1n) is 6.50. The predicted molar refractivity (Wildman–Crippen MR) is 77.2 cm³/mol. The van der Waals surface area contributed by atoms with Crippen LogP contribution >= 0.6 is 11.6 Å². The van der Waals surface area contributed by atoms with Crippen molar-refractivity contribution in [2.24, 2.45) is 0 Å². The molecule has 0 saturated carbocycles. The van der Waals surface area contributed by atoms with Crippen LogP contribution in [-0.2, 0) is 13.1 Å². The van der Waals surface area contributed by atoms with Crippen LogP contribution in [0.2, 0.25) is 5.02 Å². The van der Waals surface area contributed by atoms with Crippen LogP contribution in [-0.4, -0.2) is 18.2 Å². The van der Waals surface area contributed by atoms with E-state index in [9.17, 15) is 0 Å². The highest BCUT2D eigenvalue weighted by Gasteiger charge is 2.16. The van der Waals surface area contributed by atoms with E-state index in [0.29, 0.717) is 30.5 Å². The van der Waals surface area contributed by atoms with Gasteiger partial charge in [-0.2, -0.15) is 0 Å². The first kappa shape index (κ1) is 13.2. The highest BCUT2D eigenvalue weighted by molar-refractivity contribution is 6.32. The van der Waals surface area contributed by atoms with Gasteiger partial charge in [0.05, 0.1) is 5.02 Å². The number of pyridine rings is 1. The smallest absolute Gasteiger partial charge is 0.179 e. The molecule has 4 nitrogen and oxygen atoms in total. The van der Waals surface area contributed by atoms with E-state index in [1.807, 2.05) is 30.5 Å². The third kappa shape index (κ3) is 3.03. The maximum absolute atomic E-state index is 6.20. The molecule has 2 aromatic rings. The first-order chi connectivity index (χ1) is 9.83. The van der Waals surface area contributed by atoms with Crippen LogP contribution < -0.4 is 14.8 Å². The molecule has 0 saturated heterocycles. The van der Waals surface area contributed by atoms with Gasteiger partial charge in [0.25, 0.3) is 0 Å². The van der Waals surface area contributed by atoms with Crippen LogP contribution in [0.25, 0.3) is 0 Å². The molecule has 1 aliphatic heterocycles. The van der Waals surface area contributed by atoms with Gasteiger partial charge in [-0.3, -0.25) is 4.98 Å². The van der Waals surface area contributed by atoms with Crippen molar-refractivity contribution in [1.82, 2.24) is 10.3 Å². The predicted octanol–water partition coefficient (Wildman–Crippen LogP) is 2.80.